The standard InChI is InChI=1S/C8H10O.Pb/c1-2-7-4-3-5-8(9)6-7;/h3-6,9H,2H2,1H3;/q;+1/p-1. The van der Waals surface area contributed by atoms with E-state index >= 15 is 0 Å². The molecule has 1 aromatic rings. The molecule has 0 N–H and O–H groups in total. The zero-order valence-corrected chi connectivity index (χ0v) is 9.81. The van der Waals surface area contributed by atoms with E-state index < -0.39 is 0 Å². The summed E-state index contributed by atoms with van der Waals surface area (Å²) in [5.41, 5.74) is 1.34. The summed E-state index contributed by atoms with van der Waals surface area (Å²) in [5, 5.41) is 0. The summed E-state index contributed by atoms with van der Waals surface area (Å²) in [6.45, 7) is 2.15. The fourth-order valence-corrected chi connectivity index (χ4v) is 1.32. The summed E-state index contributed by atoms with van der Waals surface area (Å²) in [6, 6.07) is 8.23. The Morgan fingerprint density at radius 2 is 2.30 bits per heavy atom. The molecular formula is C8H9OPb. The topological polar surface area (TPSA) is 9.23 Å². The zero-order chi connectivity index (χ0) is 7.40. The summed E-state index contributed by atoms with van der Waals surface area (Å²) in [7, 11) is 0. The first-order chi connectivity index (χ1) is 4.86. The summed E-state index contributed by atoms with van der Waals surface area (Å²) in [4.78, 5) is 0. The first-order valence-electron chi connectivity index (χ1n) is 3.29. The van der Waals surface area contributed by atoms with Gasteiger partial charge >= 0.3 is 77.8 Å². The molecular weight excluding hydrogens is 319 g/mol. The number of aryl methyl sites for hydroxylation is 1. The number of hydrogen-bond donors (Lipinski definition) is 0. The Balaban J connectivity index is 2.87. The molecule has 0 atom stereocenters. The Hall–Kier alpha value is -0.0579. The Bertz CT molecular complexity index is 191. The van der Waals surface area contributed by atoms with E-state index in [0.717, 1.165) is 38.4 Å². The molecule has 0 fully saturated rings. The predicted molar refractivity (Wildman–Crippen MR) is 42.2 cm³/mol. The van der Waals surface area contributed by atoms with Crippen LogP contribution in [0.15, 0.2) is 24.3 Å². The molecule has 1 nitrogen and oxygen atoms in total. The summed E-state index contributed by atoms with van der Waals surface area (Å²) >= 11 is 0.777. The zero-order valence-electron chi connectivity index (χ0n) is 5.92. The van der Waals surface area contributed by atoms with E-state index in [1.165, 1.54) is 5.56 Å². The molecule has 0 unspecified atom stereocenters. The van der Waals surface area contributed by atoms with Crippen LogP contribution in [0, 0.1) is 0 Å². The fraction of sp³-hybridized carbons (Fsp3) is 0.250. The van der Waals surface area contributed by atoms with Crippen LogP contribution < -0.4 is 2.69 Å². The van der Waals surface area contributed by atoms with Crippen molar-refractivity contribution in [2.45, 2.75) is 13.3 Å². The van der Waals surface area contributed by atoms with Gasteiger partial charge in [-0.1, -0.05) is 0 Å². The van der Waals surface area contributed by atoms with Crippen molar-refractivity contribution < 1.29 is 2.69 Å². The molecule has 1 aromatic carbocycles. The fourth-order valence-electron chi connectivity index (χ4n) is 0.829. The van der Waals surface area contributed by atoms with Crippen LogP contribution in [0.4, 0.5) is 0 Å². The van der Waals surface area contributed by atoms with E-state index in [2.05, 4.69) is 19.1 Å². The molecule has 0 saturated heterocycles. The SMILES string of the molecule is CCc1cccc([O][Pb])c1. The van der Waals surface area contributed by atoms with Gasteiger partial charge < -0.3 is 0 Å². The van der Waals surface area contributed by atoms with Crippen molar-refractivity contribution in [3.05, 3.63) is 29.8 Å². The van der Waals surface area contributed by atoms with Crippen LogP contribution in [-0.2, 0) is 6.42 Å². The van der Waals surface area contributed by atoms with Crippen molar-refractivity contribution in [1.29, 1.82) is 0 Å². The van der Waals surface area contributed by atoms with Crippen molar-refractivity contribution in [2.75, 3.05) is 0 Å². The van der Waals surface area contributed by atoms with Gasteiger partial charge in [0.2, 0.25) is 0 Å². The molecule has 0 bridgehead atoms. The van der Waals surface area contributed by atoms with E-state index in [1.54, 1.807) is 0 Å². The van der Waals surface area contributed by atoms with Crippen LogP contribution in [0.3, 0.4) is 0 Å². The number of rotatable bonds is 2. The number of hydrogen-bond acceptors (Lipinski definition) is 1. The Morgan fingerprint density at radius 3 is 2.90 bits per heavy atom. The molecule has 0 saturated carbocycles. The third-order valence-corrected chi connectivity index (χ3v) is 2.34. The predicted octanol–water partition coefficient (Wildman–Crippen LogP) is 1.71. The van der Waals surface area contributed by atoms with Crippen LogP contribution in [-0.4, -0.2) is 26.2 Å². The van der Waals surface area contributed by atoms with Gasteiger partial charge in [0, 0.05) is 0 Å². The van der Waals surface area contributed by atoms with Gasteiger partial charge in [-0.3, -0.25) is 0 Å². The molecule has 0 spiro atoms. The second kappa shape index (κ2) is 3.96. The van der Waals surface area contributed by atoms with Gasteiger partial charge in [-0.15, -0.1) is 0 Å². The average molecular weight is 328 g/mol. The average Bonchev–Trinajstić information content (AvgIpc) is 2.05. The maximum atomic E-state index is 5.20. The summed E-state index contributed by atoms with van der Waals surface area (Å²) < 4.78 is 5.20. The van der Waals surface area contributed by atoms with E-state index in [9.17, 15) is 0 Å². The second-order valence-corrected chi connectivity index (χ2v) is 2.90. The molecule has 0 aliphatic rings. The van der Waals surface area contributed by atoms with Crippen LogP contribution in [0.5, 0.6) is 5.75 Å². The number of benzene rings is 1. The molecule has 10 heavy (non-hydrogen) atoms. The molecule has 3 radical (unpaired) electrons. The third kappa shape index (κ3) is 1.97. The van der Waals surface area contributed by atoms with Gasteiger partial charge in [-0.25, -0.2) is 0 Å². The van der Waals surface area contributed by atoms with Crippen LogP contribution in [0.25, 0.3) is 0 Å². The first-order valence-corrected chi connectivity index (χ1v) is 4.88. The van der Waals surface area contributed by atoms with Crippen LogP contribution in [0.2, 0.25) is 0 Å². The molecule has 0 aromatic heterocycles. The van der Waals surface area contributed by atoms with Gasteiger partial charge in [-0.2, -0.15) is 0 Å². The molecule has 0 heterocycles. The molecule has 0 aliphatic carbocycles. The Labute approximate surface area is 77.7 Å². The van der Waals surface area contributed by atoms with Gasteiger partial charge in [0.25, 0.3) is 0 Å². The minimum absolute atomic E-state index is 0.777. The maximum absolute atomic E-state index is 5.20. The second-order valence-electron chi connectivity index (χ2n) is 2.10. The van der Waals surface area contributed by atoms with E-state index in [1.807, 2.05) is 12.1 Å². The van der Waals surface area contributed by atoms with E-state index in [4.69, 9.17) is 2.69 Å². The molecule has 0 amide bonds. The molecule has 0 aliphatic heterocycles. The molecule has 51 valence electrons. The van der Waals surface area contributed by atoms with Crippen LogP contribution >= 0.6 is 0 Å². The monoisotopic (exact) mass is 329 g/mol. The molecule has 1 rings (SSSR count). The van der Waals surface area contributed by atoms with Crippen molar-refractivity contribution >= 4 is 26.2 Å². The van der Waals surface area contributed by atoms with Crippen LogP contribution in [0.1, 0.15) is 12.5 Å². The van der Waals surface area contributed by atoms with Crippen molar-refractivity contribution in [3.8, 4) is 5.75 Å². The quantitative estimate of drug-likeness (QED) is 0.751. The minimum atomic E-state index is 0.777. The van der Waals surface area contributed by atoms with Crippen molar-refractivity contribution in [2.24, 2.45) is 0 Å². The van der Waals surface area contributed by atoms with E-state index in [-0.39, 0.29) is 0 Å². The van der Waals surface area contributed by atoms with Gasteiger partial charge in [0.15, 0.2) is 0 Å². The Kier molecular flexibility index (Phi) is 3.18. The summed E-state index contributed by atoms with van der Waals surface area (Å²) in [6.07, 6.45) is 1.08. The normalized spacial score (nSPS) is 9.40. The van der Waals surface area contributed by atoms with Gasteiger partial charge in [0.05, 0.1) is 0 Å². The van der Waals surface area contributed by atoms with Gasteiger partial charge in [-0.05, 0) is 0 Å². The Morgan fingerprint density at radius 1 is 1.50 bits per heavy atom. The first kappa shape index (κ1) is 8.04. The molecule has 2 heteroatoms. The summed E-state index contributed by atoms with van der Waals surface area (Å²) in [5.74, 6) is 1.01. The van der Waals surface area contributed by atoms with Crippen molar-refractivity contribution in [3.63, 3.8) is 0 Å². The van der Waals surface area contributed by atoms with E-state index in [0.29, 0.717) is 0 Å². The van der Waals surface area contributed by atoms with Gasteiger partial charge in [0.1, 0.15) is 0 Å². The third-order valence-electron chi connectivity index (χ3n) is 1.42. The van der Waals surface area contributed by atoms with Crippen molar-refractivity contribution in [1.82, 2.24) is 0 Å².